The molecule has 0 unspecified atom stereocenters. The van der Waals surface area contributed by atoms with Gasteiger partial charge in [-0.05, 0) is 45.9 Å². The molecule has 0 spiro atoms. The lowest BCUT2D eigenvalue weighted by Gasteiger charge is -2.03. The Morgan fingerprint density at radius 3 is 2.63 bits per heavy atom. The third-order valence-corrected chi connectivity index (χ3v) is 4.87. The molecule has 0 radical (unpaired) electrons. The second kappa shape index (κ2) is 8.98. The maximum atomic E-state index is 11.9. The molecular weight excluding hydrogens is 380 g/mol. The summed E-state index contributed by atoms with van der Waals surface area (Å²) >= 11 is 0. The van der Waals surface area contributed by atoms with Crippen LogP contribution in [0.5, 0.6) is 0 Å². The number of hydrogen-bond donors (Lipinski definition) is 0. The standard InChI is InChI=1S/C21H22N4O3.C2H6/c1-5-24-14(4)20(13(3)23-24)17-11-22-25-8-7-15(9-18(17)25)19-10-16(12-28-19)21(26)27-6-2;1-2/h7-12H,5-6H2,1-4H3;1-2H3. The minimum absolute atomic E-state index is 0.328. The van der Waals surface area contributed by atoms with Crippen LogP contribution in [0.4, 0.5) is 0 Å². The number of ether oxygens (including phenoxy) is 1. The minimum atomic E-state index is -0.387. The molecule has 0 saturated heterocycles. The van der Waals surface area contributed by atoms with Gasteiger partial charge in [0.05, 0.1) is 29.6 Å². The lowest BCUT2D eigenvalue weighted by Crippen LogP contribution is -2.02. The summed E-state index contributed by atoms with van der Waals surface area (Å²) in [5, 5.41) is 9.10. The Kier molecular flexibility index (Phi) is 6.40. The molecule has 30 heavy (non-hydrogen) atoms. The highest BCUT2D eigenvalue weighted by molar-refractivity contribution is 5.91. The van der Waals surface area contributed by atoms with Gasteiger partial charge in [-0.25, -0.2) is 9.31 Å². The van der Waals surface area contributed by atoms with E-state index in [-0.39, 0.29) is 5.97 Å². The molecule has 0 saturated carbocycles. The first-order chi connectivity index (χ1) is 14.5. The van der Waals surface area contributed by atoms with E-state index in [2.05, 4.69) is 24.0 Å². The summed E-state index contributed by atoms with van der Waals surface area (Å²) in [4.78, 5) is 11.9. The highest BCUT2D eigenvalue weighted by Gasteiger charge is 2.18. The summed E-state index contributed by atoms with van der Waals surface area (Å²) in [6.07, 6.45) is 5.17. The summed E-state index contributed by atoms with van der Waals surface area (Å²) < 4.78 is 14.5. The highest BCUT2D eigenvalue weighted by Crippen LogP contribution is 2.33. The van der Waals surface area contributed by atoms with Gasteiger partial charge in [-0.3, -0.25) is 4.68 Å². The monoisotopic (exact) mass is 408 g/mol. The molecule has 0 amide bonds. The molecule has 158 valence electrons. The first kappa shape index (κ1) is 21.4. The Hall–Kier alpha value is -3.35. The SMILES string of the molecule is CC.CCOC(=O)c1coc(-c2ccn3ncc(-c4c(C)nn(CC)c4C)c3c2)c1. The number of aryl methyl sites for hydroxylation is 2. The molecule has 0 bridgehead atoms. The predicted octanol–water partition coefficient (Wildman–Crippen LogP) is 5.30. The number of aromatic nitrogens is 4. The van der Waals surface area contributed by atoms with E-state index in [0.717, 1.165) is 40.1 Å². The lowest BCUT2D eigenvalue weighted by atomic mass is 10.0. The molecule has 4 rings (SSSR count). The van der Waals surface area contributed by atoms with E-state index in [1.54, 1.807) is 13.0 Å². The Morgan fingerprint density at radius 1 is 1.20 bits per heavy atom. The topological polar surface area (TPSA) is 74.6 Å². The minimum Gasteiger partial charge on any atom is -0.463 e. The van der Waals surface area contributed by atoms with Gasteiger partial charge in [-0.15, -0.1) is 0 Å². The van der Waals surface area contributed by atoms with E-state index in [9.17, 15) is 4.79 Å². The first-order valence-corrected chi connectivity index (χ1v) is 10.3. The molecule has 7 nitrogen and oxygen atoms in total. The smallest absolute Gasteiger partial charge is 0.341 e. The Balaban J connectivity index is 0.00000124. The fraction of sp³-hybridized carbons (Fsp3) is 0.348. The quantitative estimate of drug-likeness (QED) is 0.419. The lowest BCUT2D eigenvalue weighted by molar-refractivity contribution is 0.0525. The molecule has 0 fully saturated rings. The molecule has 0 aromatic carbocycles. The normalized spacial score (nSPS) is 10.7. The van der Waals surface area contributed by atoms with Crippen LogP contribution < -0.4 is 0 Å². The van der Waals surface area contributed by atoms with Gasteiger partial charge in [0.15, 0.2) is 0 Å². The van der Waals surface area contributed by atoms with E-state index in [4.69, 9.17) is 9.15 Å². The fourth-order valence-corrected chi connectivity index (χ4v) is 3.53. The second-order valence-electron chi connectivity index (χ2n) is 6.59. The number of carbonyl (C=O) groups is 1. The van der Waals surface area contributed by atoms with Gasteiger partial charge in [0.25, 0.3) is 0 Å². The number of pyridine rings is 1. The number of furan rings is 1. The number of fused-ring (bicyclic) bond motifs is 1. The zero-order valence-corrected chi connectivity index (χ0v) is 18.4. The van der Waals surface area contributed by atoms with Gasteiger partial charge < -0.3 is 9.15 Å². The molecule has 7 heteroatoms. The van der Waals surface area contributed by atoms with Crippen molar-refractivity contribution in [2.45, 2.75) is 48.1 Å². The molecule has 4 heterocycles. The van der Waals surface area contributed by atoms with Crippen molar-refractivity contribution in [3.05, 3.63) is 53.8 Å². The first-order valence-electron chi connectivity index (χ1n) is 10.3. The number of nitrogens with zero attached hydrogens (tertiary/aromatic N) is 4. The van der Waals surface area contributed by atoms with Crippen molar-refractivity contribution in [2.24, 2.45) is 0 Å². The maximum Gasteiger partial charge on any atom is 0.341 e. The van der Waals surface area contributed by atoms with Crippen molar-refractivity contribution in [2.75, 3.05) is 6.61 Å². The molecule has 0 aliphatic carbocycles. The van der Waals surface area contributed by atoms with Crippen LogP contribution in [0.2, 0.25) is 0 Å². The number of hydrogen-bond acceptors (Lipinski definition) is 5. The predicted molar refractivity (Wildman–Crippen MR) is 117 cm³/mol. The molecular formula is C23H28N4O3. The zero-order chi connectivity index (χ0) is 21.8. The van der Waals surface area contributed by atoms with E-state index in [1.165, 1.54) is 6.26 Å². The third kappa shape index (κ3) is 3.75. The van der Waals surface area contributed by atoms with Crippen molar-refractivity contribution >= 4 is 11.5 Å². The second-order valence-corrected chi connectivity index (χ2v) is 6.59. The largest absolute Gasteiger partial charge is 0.463 e. The molecule has 0 aliphatic heterocycles. The summed E-state index contributed by atoms with van der Waals surface area (Å²) in [5.41, 5.74) is 6.43. The number of carbonyl (C=O) groups excluding carboxylic acids is 1. The van der Waals surface area contributed by atoms with Crippen LogP contribution >= 0.6 is 0 Å². The molecule has 4 aromatic rings. The summed E-state index contributed by atoms with van der Waals surface area (Å²) in [5.74, 6) is 0.220. The van der Waals surface area contributed by atoms with Gasteiger partial charge in [-0.2, -0.15) is 10.2 Å². The summed E-state index contributed by atoms with van der Waals surface area (Å²) in [7, 11) is 0. The van der Waals surface area contributed by atoms with E-state index >= 15 is 0 Å². The van der Waals surface area contributed by atoms with Crippen molar-refractivity contribution in [3.8, 4) is 22.5 Å². The number of rotatable bonds is 5. The van der Waals surface area contributed by atoms with Crippen LogP contribution in [0, 0.1) is 13.8 Å². The average molecular weight is 409 g/mol. The maximum absolute atomic E-state index is 11.9. The van der Waals surface area contributed by atoms with E-state index in [1.807, 2.05) is 54.5 Å². The van der Waals surface area contributed by atoms with Crippen LogP contribution in [0.25, 0.3) is 28.0 Å². The van der Waals surface area contributed by atoms with Crippen molar-refractivity contribution in [1.29, 1.82) is 0 Å². The van der Waals surface area contributed by atoms with Gasteiger partial charge in [0, 0.05) is 35.1 Å². The highest BCUT2D eigenvalue weighted by atomic mass is 16.5. The van der Waals surface area contributed by atoms with Crippen LogP contribution in [0.3, 0.4) is 0 Å². The van der Waals surface area contributed by atoms with Gasteiger partial charge in [-0.1, -0.05) is 13.8 Å². The number of esters is 1. The van der Waals surface area contributed by atoms with Crippen LogP contribution in [0.1, 0.15) is 49.4 Å². The van der Waals surface area contributed by atoms with Crippen LogP contribution in [-0.4, -0.2) is 32.0 Å². The summed E-state index contributed by atoms with van der Waals surface area (Å²) in [6, 6.07) is 5.62. The molecule has 0 N–H and O–H groups in total. The third-order valence-electron chi connectivity index (χ3n) is 4.87. The van der Waals surface area contributed by atoms with Gasteiger partial charge in [0.2, 0.25) is 0 Å². The fourth-order valence-electron chi connectivity index (χ4n) is 3.53. The van der Waals surface area contributed by atoms with Crippen molar-refractivity contribution in [3.63, 3.8) is 0 Å². The van der Waals surface area contributed by atoms with Crippen molar-refractivity contribution < 1.29 is 13.9 Å². The molecule has 0 aliphatic rings. The Morgan fingerprint density at radius 2 is 1.97 bits per heavy atom. The Bertz CT molecular complexity index is 1170. The van der Waals surface area contributed by atoms with Crippen LogP contribution in [0.15, 0.2) is 41.3 Å². The molecule has 0 atom stereocenters. The van der Waals surface area contributed by atoms with Gasteiger partial charge >= 0.3 is 5.97 Å². The Labute approximate surface area is 176 Å². The van der Waals surface area contributed by atoms with Crippen molar-refractivity contribution in [1.82, 2.24) is 19.4 Å². The van der Waals surface area contributed by atoms with E-state index in [0.29, 0.717) is 17.9 Å². The molecule has 4 aromatic heterocycles. The zero-order valence-electron chi connectivity index (χ0n) is 18.4. The summed E-state index contributed by atoms with van der Waals surface area (Å²) in [6.45, 7) is 13.1. The van der Waals surface area contributed by atoms with Gasteiger partial charge in [0.1, 0.15) is 12.0 Å². The van der Waals surface area contributed by atoms with E-state index < -0.39 is 0 Å². The average Bonchev–Trinajstić information content (AvgIpc) is 3.47. The van der Waals surface area contributed by atoms with Crippen LogP contribution in [-0.2, 0) is 11.3 Å².